The van der Waals surface area contributed by atoms with Crippen LogP contribution in [0.25, 0.3) is 6.08 Å². The molecule has 1 aromatic heterocycles. The molecular weight excluding hydrogens is 526 g/mol. The van der Waals surface area contributed by atoms with Gasteiger partial charge in [0.25, 0.3) is 5.69 Å². The topological polar surface area (TPSA) is 110 Å². The van der Waals surface area contributed by atoms with Crippen molar-refractivity contribution in [2.24, 2.45) is 5.92 Å². The number of rotatable bonds is 5. The second-order valence-corrected chi connectivity index (χ2v) is 11.0. The minimum Gasteiger partial charge on any atom is -0.352 e. The number of fused-ring (bicyclic) bond motifs is 6. The van der Waals surface area contributed by atoms with Gasteiger partial charge in [0, 0.05) is 29.1 Å². The third-order valence-corrected chi connectivity index (χ3v) is 9.08. The molecule has 3 aliphatic heterocycles. The number of para-hydroxylation sites is 2. The van der Waals surface area contributed by atoms with Gasteiger partial charge in [-0.05, 0) is 34.7 Å². The molecular formula is C31H21N3O5S. The number of non-ortho nitro benzene ring substituents is 1. The zero-order chi connectivity index (χ0) is 27.6. The molecule has 4 aromatic rings. The van der Waals surface area contributed by atoms with E-state index in [2.05, 4.69) is 5.32 Å². The summed E-state index contributed by atoms with van der Waals surface area (Å²) >= 11 is 1.28. The van der Waals surface area contributed by atoms with Crippen molar-refractivity contribution in [1.82, 2.24) is 0 Å². The number of hydrogen-bond donors (Lipinski definition) is 1. The molecule has 0 radical (unpaired) electrons. The van der Waals surface area contributed by atoms with Crippen molar-refractivity contribution >= 4 is 51.9 Å². The second kappa shape index (κ2) is 8.82. The summed E-state index contributed by atoms with van der Waals surface area (Å²) in [6, 6.07) is 22.1. The molecule has 1 N–H and O–H groups in total. The summed E-state index contributed by atoms with van der Waals surface area (Å²) in [7, 11) is 0. The van der Waals surface area contributed by atoms with Crippen LogP contribution in [0.1, 0.15) is 31.2 Å². The second-order valence-electron chi connectivity index (χ2n) is 10.1. The van der Waals surface area contributed by atoms with Crippen LogP contribution in [0.4, 0.5) is 17.1 Å². The van der Waals surface area contributed by atoms with E-state index in [0.29, 0.717) is 16.1 Å². The van der Waals surface area contributed by atoms with E-state index < -0.39 is 34.1 Å². The summed E-state index contributed by atoms with van der Waals surface area (Å²) in [6.07, 6.45) is 3.83. The fourth-order valence-electron chi connectivity index (χ4n) is 6.64. The van der Waals surface area contributed by atoms with Crippen LogP contribution < -0.4 is 10.2 Å². The molecule has 1 fully saturated rings. The third kappa shape index (κ3) is 3.21. The number of Topliss-reactive ketones (excluding diaryl/α,β-unsaturated/α-hetero) is 2. The predicted molar refractivity (Wildman–Crippen MR) is 152 cm³/mol. The van der Waals surface area contributed by atoms with Crippen LogP contribution in [-0.4, -0.2) is 34.5 Å². The Bertz CT molecular complexity index is 1760. The number of carbonyl (C=O) groups excluding carboxylic acids is 3. The molecule has 3 aliphatic rings. The molecule has 1 amide bonds. The maximum Gasteiger partial charge on any atom is 0.270 e. The minimum absolute atomic E-state index is 0.0804. The Morgan fingerprint density at radius 3 is 2.55 bits per heavy atom. The average Bonchev–Trinajstić information content (AvgIpc) is 3.69. The number of amides is 1. The van der Waals surface area contributed by atoms with E-state index in [9.17, 15) is 24.5 Å². The third-order valence-electron chi connectivity index (χ3n) is 8.20. The number of anilines is 2. The quantitative estimate of drug-likeness (QED) is 0.200. The van der Waals surface area contributed by atoms with E-state index >= 15 is 0 Å². The Labute approximate surface area is 232 Å². The van der Waals surface area contributed by atoms with E-state index in [4.69, 9.17) is 0 Å². The molecule has 7 rings (SSSR count). The van der Waals surface area contributed by atoms with Crippen molar-refractivity contribution < 1.29 is 19.3 Å². The van der Waals surface area contributed by atoms with Gasteiger partial charge in [-0.1, -0.05) is 66.7 Å². The van der Waals surface area contributed by atoms with Gasteiger partial charge in [0.05, 0.1) is 21.8 Å². The zero-order valence-corrected chi connectivity index (χ0v) is 21.7. The lowest BCUT2D eigenvalue weighted by Crippen LogP contribution is -2.51. The van der Waals surface area contributed by atoms with Crippen LogP contribution in [0.3, 0.4) is 0 Å². The van der Waals surface area contributed by atoms with E-state index in [-0.39, 0.29) is 22.9 Å². The van der Waals surface area contributed by atoms with Crippen molar-refractivity contribution in [3.05, 3.63) is 128 Å². The van der Waals surface area contributed by atoms with Gasteiger partial charge in [-0.3, -0.25) is 24.5 Å². The lowest BCUT2D eigenvalue weighted by molar-refractivity contribution is -0.384. The van der Waals surface area contributed by atoms with Crippen LogP contribution >= 0.6 is 11.3 Å². The van der Waals surface area contributed by atoms with Gasteiger partial charge < -0.3 is 10.2 Å². The summed E-state index contributed by atoms with van der Waals surface area (Å²) in [5.74, 6) is -2.32. The van der Waals surface area contributed by atoms with E-state index in [1.165, 1.54) is 35.6 Å². The SMILES string of the molecule is O=C(c1cccs1)[C@@H]1[C@H](C(=O)c2cccc([N+](=O)[O-])c2)[C@@]2(C(=O)Nc3ccccc32)[C@H]2C=Cc3ccccc3N12. The number of nitro groups is 1. The smallest absolute Gasteiger partial charge is 0.270 e. The monoisotopic (exact) mass is 547 g/mol. The van der Waals surface area contributed by atoms with Crippen molar-refractivity contribution in [3.63, 3.8) is 0 Å². The number of nitrogens with zero attached hydrogens (tertiary/aromatic N) is 2. The molecule has 1 saturated heterocycles. The van der Waals surface area contributed by atoms with Crippen molar-refractivity contribution in [1.29, 1.82) is 0 Å². The summed E-state index contributed by atoms with van der Waals surface area (Å²) in [5, 5.41) is 16.4. The molecule has 1 spiro atoms. The van der Waals surface area contributed by atoms with Crippen LogP contribution in [0, 0.1) is 16.0 Å². The summed E-state index contributed by atoms with van der Waals surface area (Å²) in [6.45, 7) is 0. The molecule has 3 aromatic carbocycles. The molecule has 40 heavy (non-hydrogen) atoms. The molecule has 0 unspecified atom stereocenters. The predicted octanol–water partition coefficient (Wildman–Crippen LogP) is 5.51. The van der Waals surface area contributed by atoms with Crippen molar-refractivity contribution in [2.75, 3.05) is 10.2 Å². The first-order chi connectivity index (χ1) is 19.4. The number of hydrogen-bond acceptors (Lipinski definition) is 7. The molecule has 9 heteroatoms. The molecule has 4 atom stereocenters. The fraction of sp³-hybridized carbons (Fsp3) is 0.129. The Kier molecular flexibility index (Phi) is 5.33. The van der Waals surface area contributed by atoms with Gasteiger partial charge in [0.15, 0.2) is 11.6 Å². The number of nitro benzene ring substituents is 1. The van der Waals surface area contributed by atoms with Gasteiger partial charge in [-0.25, -0.2) is 0 Å². The molecule has 8 nitrogen and oxygen atoms in total. The normalized spacial score (nSPS) is 23.9. The van der Waals surface area contributed by atoms with Crippen LogP contribution in [0.5, 0.6) is 0 Å². The number of benzene rings is 3. The van der Waals surface area contributed by atoms with Gasteiger partial charge >= 0.3 is 0 Å². The molecule has 4 heterocycles. The van der Waals surface area contributed by atoms with Gasteiger partial charge in [0.2, 0.25) is 5.91 Å². The van der Waals surface area contributed by atoms with Gasteiger partial charge in [-0.15, -0.1) is 11.3 Å². The van der Waals surface area contributed by atoms with Crippen molar-refractivity contribution in [2.45, 2.75) is 17.5 Å². The van der Waals surface area contributed by atoms with E-state index in [1.807, 2.05) is 59.5 Å². The largest absolute Gasteiger partial charge is 0.352 e. The van der Waals surface area contributed by atoms with Crippen LogP contribution in [0.2, 0.25) is 0 Å². The van der Waals surface area contributed by atoms with Crippen LogP contribution in [-0.2, 0) is 10.2 Å². The number of ketones is 2. The van der Waals surface area contributed by atoms with E-state index in [1.54, 1.807) is 23.6 Å². The summed E-state index contributed by atoms with van der Waals surface area (Å²) in [5.41, 5.74) is 1.21. The van der Waals surface area contributed by atoms with Crippen LogP contribution in [0.15, 0.2) is 96.4 Å². The number of carbonyl (C=O) groups is 3. The highest BCUT2D eigenvalue weighted by Gasteiger charge is 2.70. The number of nitrogens with one attached hydrogen (secondary N) is 1. The lowest BCUT2D eigenvalue weighted by Gasteiger charge is -2.37. The molecule has 196 valence electrons. The zero-order valence-electron chi connectivity index (χ0n) is 20.9. The molecule has 0 bridgehead atoms. The molecule has 0 saturated carbocycles. The first-order valence-corrected chi connectivity index (χ1v) is 13.6. The van der Waals surface area contributed by atoms with Crippen molar-refractivity contribution in [3.8, 4) is 0 Å². The standard InChI is InChI=1S/C31H21N3O5S/c35-28(19-8-5-9-20(17-19)34(38)39)26-27(29(36)24-13-6-16-40-24)33-23-12-4-1-7-18(23)14-15-25(33)31(26)21-10-2-3-11-22(21)32-30(31)37/h1-17,25-27H,(H,32,37)/t25-,26-,27+,31+/m1/s1. The highest BCUT2D eigenvalue weighted by atomic mass is 32.1. The number of thiophene rings is 1. The first kappa shape index (κ1) is 24.2. The Morgan fingerprint density at radius 1 is 0.950 bits per heavy atom. The highest BCUT2D eigenvalue weighted by molar-refractivity contribution is 7.12. The highest BCUT2D eigenvalue weighted by Crippen LogP contribution is 2.58. The lowest BCUT2D eigenvalue weighted by atomic mass is 9.64. The Balaban J connectivity index is 1.54. The minimum atomic E-state index is -1.46. The maximum atomic E-state index is 14.7. The molecule has 0 aliphatic carbocycles. The fourth-order valence-corrected chi connectivity index (χ4v) is 7.33. The first-order valence-electron chi connectivity index (χ1n) is 12.8. The van der Waals surface area contributed by atoms with E-state index in [0.717, 1.165) is 11.3 Å². The van der Waals surface area contributed by atoms with Gasteiger partial charge in [0.1, 0.15) is 11.5 Å². The summed E-state index contributed by atoms with van der Waals surface area (Å²) < 4.78 is 0. The summed E-state index contributed by atoms with van der Waals surface area (Å²) in [4.78, 5) is 56.8. The Hall–Kier alpha value is -4.89. The van der Waals surface area contributed by atoms with Gasteiger partial charge in [-0.2, -0.15) is 0 Å². The maximum absolute atomic E-state index is 14.7. The average molecular weight is 548 g/mol. The Morgan fingerprint density at radius 2 is 1.75 bits per heavy atom.